The van der Waals surface area contributed by atoms with Crippen molar-refractivity contribution in [2.45, 2.75) is 130 Å². The van der Waals surface area contributed by atoms with Gasteiger partial charge in [-0.2, -0.15) is 0 Å². The molecular formula is C25H50N2. The van der Waals surface area contributed by atoms with Crippen molar-refractivity contribution in [3.05, 3.63) is 0 Å². The van der Waals surface area contributed by atoms with Crippen LogP contribution in [0.15, 0.2) is 0 Å². The van der Waals surface area contributed by atoms with Gasteiger partial charge >= 0.3 is 0 Å². The fourth-order valence-electron chi connectivity index (χ4n) is 6.51. The molecule has 27 heavy (non-hydrogen) atoms. The van der Waals surface area contributed by atoms with Gasteiger partial charge in [0.1, 0.15) is 0 Å². The van der Waals surface area contributed by atoms with E-state index in [9.17, 15) is 0 Å². The zero-order valence-electron chi connectivity index (χ0n) is 19.1. The monoisotopic (exact) mass is 378 g/mol. The first-order chi connectivity index (χ1) is 13.2. The van der Waals surface area contributed by atoms with Crippen LogP contribution in [-0.4, -0.2) is 18.8 Å². The van der Waals surface area contributed by atoms with Gasteiger partial charge in [0, 0.05) is 18.8 Å². The molecule has 0 heterocycles. The van der Waals surface area contributed by atoms with Gasteiger partial charge in [-0.3, -0.25) is 0 Å². The lowest BCUT2D eigenvalue weighted by Crippen LogP contribution is -2.53. The second kappa shape index (κ2) is 13.2. The fourth-order valence-corrected chi connectivity index (χ4v) is 6.51. The van der Waals surface area contributed by atoms with Crippen molar-refractivity contribution in [1.82, 2.24) is 10.6 Å². The first-order valence-electron chi connectivity index (χ1n) is 12.7. The second-order valence-corrected chi connectivity index (χ2v) is 9.69. The van der Waals surface area contributed by atoms with Crippen LogP contribution in [0, 0.1) is 23.7 Å². The highest BCUT2D eigenvalue weighted by Gasteiger charge is 2.34. The predicted octanol–water partition coefficient (Wildman–Crippen LogP) is 6.89. The zero-order chi connectivity index (χ0) is 19.5. The molecule has 4 unspecified atom stereocenters. The maximum absolute atomic E-state index is 4.05. The highest BCUT2D eigenvalue weighted by molar-refractivity contribution is 4.90. The maximum Gasteiger partial charge on any atom is 0.0458 e. The van der Waals surface area contributed by atoms with Crippen LogP contribution in [-0.2, 0) is 0 Å². The van der Waals surface area contributed by atoms with E-state index in [-0.39, 0.29) is 0 Å². The molecule has 0 aromatic heterocycles. The Hall–Kier alpha value is -0.0800. The number of rotatable bonds is 12. The molecule has 2 N–H and O–H groups in total. The molecule has 2 aliphatic rings. The Balaban J connectivity index is 1.93. The van der Waals surface area contributed by atoms with Gasteiger partial charge in [-0.25, -0.2) is 0 Å². The van der Waals surface area contributed by atoms with Crippen LogP contribution in [0.5, 0.6) is 0 Å². The Bertz CT molecular complexity index is 299. The lowest BCUT2D eigenvalue weighted by Gasteiger charge is -2.42. The molecular weight excluding hydrogens is 328 g/mol. The Morgan fingerprint density at radius 1 is 0.519 bits per heavy atom. The van der Waals surface area contributed by atoms with Crippen LogP contribution >= 0.6 is 0 Å². The molecule has 2 heteroatoms. The minimum absolute atomic E-state index is 0.754. The van der Waals surface area contributed by atoms with Gasteiger partial charge in [0.05, 0.1) is 0 Å². The highest BCUT2D eigenvalue weighted by atomic mass is 15.1. The van der Waals surface area contributed by atoms with Gasteiger partial charge in [0.25, 0.3) is 0 Å². The van der Waals surface area contributed by atoms with E-state index in [1.807, 2.05) is 0 Å². The molecule has 0 saturated heterocycles. The molecule has 2 nitrogen and oxygen atoms in total. The maximum atomic E-state index is 4.05. The van der Waals surface area contributed by atoms with Crippen molar-refractivity contribution < 1.29 is 0 Å². The summed E-state index contributed by atoms with van der Waals surface area (Å²) in [6.07, 6.45) is 19.7. The quantitative estimate of drug-likeness (QED) is 0.361. The van der Waals surface area contributed by atoms with Gasteiger partial charge in [0.15, 0.2) is 0 Å². The molecule has 2 saturated carbocycles. The molecule has 0 radical (unpaired) electrons. The molecule has 2 aliphatic carbocycles. The normalized spacial score (nSPS) is 34.7. The number of hydrogen-bond donors (Lipinski definition) is 2. The smallest absolute Gasteiger partial charge is 0.0458 e. The van der Waals surface area contributed by atoms with Crippen molar-refractivity contribution in [2.75, 3.05) is 6.67 Å². The largest absolute Gasteiger partial charge is 0.301 e. The number of hydrogen-bond acceptors (Lipinski definition) is 2. The average molecular weight is 379 g/mol. The Morgan fingerprint density at radius 2 is 0.815 bits per heavy atom. The average Bonchev–Trinajstić information content (AvgIpc) is 2.66. The highest BCUT2D eigenvalue weighted by Crippen LogP contribution is 2.36. The molecule has 0 aromatic rings. The molecule has 0 amide bonds. The topological polar surface area (TPSA) is 24.1 Å². The van der Waals surface area contributed by atoms with E-state index in [0.717, 1.165) is 42.4 Å². The summed E-state index contributed by atoms with van der Waals surface area (Å²) in [5.41, 5.74) is 0. The van der Waals surface area contributed by atoms with Crippen molar-refractivity contribution >= 4 is 0 Å². The summed E-state index contributed by atoms with van der Waals surface area (Å²) in [4.78, 5) is 0. The van der Waals surface area contributed by atoms with Gasteiger partial charge in [-0.1, -0.05) is 66.2 Å². The molecule has 2 rings (SSSR count). The third kappa shape index (κ3) is 7.03. The summed E-state index contributed by atoms with van der Waals surface area (Å²) in [6.45, 7) is 10.5. The summed E-state index contributed by atoms with van der Waals surface area (Å²) < 4.78 is 0. The third-order valence-corrected chi connectivity index (χ3v) is 7.64. The predicted molar refractivity (Wildman–Crippen MR) is 120 cm³/mol. The van der Waals surface area contributed by atoms with Gasteiger partial charge < -0.3 is 10.6 Å². The SMILES string of the molecule is CCCC1CCCC(CCC)C1NCNC1C(CCC)CCCC1CCC. The molecule has 0 aliphatic heterocycles. The lowest BCUT2D eigenvalue weighted by atomic mass is 9.73. The van der Waals surface area contributed by atoms with Crippen LogP contribution in [0.3, 0.4) is 0 Å². The van der Waals surface area contributed by atoms with E-state index in [1.54, 1.807) is 0 Å². The van der Waals surface area contributed by atoms with E-state index in [2.05, 4.69) is 38.3 Å². The van der Waals surface area contributed by atoms with Gasteiger partial charge in [0.2, 0.25) is 0 Å². The van der Waals surface area contributed by atoms with E-state index >= 15 is 0 Å². The van der Waals surface area contributed by atoms with Crippen LogP contribution < -0.4 is 10.6 Å². The third-order valence-electron chi connectivity index (χ3n) is 7.64. The molecule has 160 valence electrons. The van der Waals surface area contributed by atoms with Crippen molar-refractivity contribution in [1.29, 1.82) is 0 Å². The molecule has 0 bridgehead atoms. The Kier molecular flexibility index (Phi) is 11.3. The molecule has 0 aromatic carbocycles. The summed E-state index contributed by atoms with van der Waals surface area (Å²) in [5, 5.41) is 8.11. The Labute approximate surface area is 171 Å². The van der Waals surface area contributed by atoms with E-state index < -0.39 is 0 Å². The van der Waals surface area contributed by atoms with E-state index in [0.29, 0.717) is 0 Å². The van der Waals surface area contributed by atoms with Gasteiger partial charge in [-0.15, -0.1) is 0 Å². The lowest BCUT2D eigenvalue weighted by molar-refractivity contribution is 0.136. The summed E-state index contributed by atoms with van der Waals surface area (Å²) in [6, 6.07) is 1.51. The fraction of sp³-hybridized carbons (Fsp3) is 1.00. The summed E-state index contributed by atoms with van der Waals surface area (Å²) >= 11 is 0. The summed E-state index contributed by atoms with van der Waals surface area (Å²) in [5.74, 6) is 3.63. The zero-order valence-corrected chi connectivity index (χ0v) is 19.1. The van der Waals surface area contributed by atoms with Crippen molar-refractivity contribution in [3.8, 4) is 0 Å². The van der Waals surface area contributed by atoms with Crippen LogP contribution in [0.1, 0.15) is 118 Å². The standard InChI is InChI=1S/C25H50N2/c1-5-11-20-15-9-16-21(12-6-2)24(20)26-19-27-25-22(13-7-3)17-10-18-23(25)14-8-4/h20-27H,5-19H2,1-4H3. The second-order valence-electron chi connectivity index (χ2n) is 9.69. The first kappa shape index (κ1) is 23.2. The van der Waals surface area contributed by atoms with E-state index in [4.69, 9.17) is 0 Å². The minimum Gasteiger partial charge on any atom is -0.301 e. The van der Waals surface area contributed by atoms with Gasteiger partial charge in [-0.05, 0) is 75.0 Å². The van der Waals surface area contributed by atoms with Crippen LogP contribution in [0.25, 0.3) is 0 Å². The number of nitrogens with one attached hydrogen (secondary N) is 2. The van der Waals surface area contributed by atoms with Crippen LogP contribution in [0.2, 0.25) is 0 Å². The molecule has 2 fully saturated rings. The van der Waals surface area contributed by atoms with Crippen LogP contribution in [0.4, 0.5) is 0 Å². The Morgan fingerprint density at radius 3 is 1.07 bits per heavy atom. The van der Waals surface area contributed by atoms with E-state index in [1.165, 1.54) is 89.9 Å². The minimum atomic E-state index is 0.754. The molecule has 0 spiro atoms. The molecule has 4 atom stereocenters. The van der Waals surface area contributed by atoms with Crippen molar-refractivity contribution in [2.24, 2.45) is 23.7 Å². The summed E-state index contributed by atoms with van der Waals surface area (Å²) in [7, 11) is 0. The van der Waals surface area contributed by atoms with Crippen molar-refractivity contribution in [3.63, 3.8) is 0 Å². The first-order valence-corrected chi connectivity index (χ1v) is 12.7.